The molecule has 48 valence electrons. The van der Waals surface area contributed by atoms with E-state index in [4.69, 9.17) is 10.00 Å². The topological polar surface area (TPSA) is 33.0 Å². The number of fused-ring (bicyclic) bond motifs is 1. The van der Waals surface area contributed by atoms with Crippen molar-refractivity contribution < 1.29 is 4.74 Å². The third-order valence-corrected chi connectivity index (χ3v) is 1.63. The Labute approximate surface area is 58.7 Å². The van der Waals surface area contributed by atoms with Crippen LogP contribution < -0.4 is 4.74 Å². The molecule has 0 aliphatic carbocycles. The quantitative estimate of drug-likeness (QED) is 0.533. The minimum absolute atomic E-state index is 0.596. The molecule has 1 aromatic carbocycles. The molecule has 0 radical (unpaired) electrons. The van der Waals surface area contributed by atoms with Gasteiger partial charge >= 0.3 is 0 Å². The number of nitrogens with zero attached hydrogens (tertiary/aromatic N) is 1. The van der Waals surface area contributed by atoms with Crippen LogP contribution in [0.4, 0.5) is 0 Å². The highest BCUT2D eigenvalue weighted by Crippen LogP contribution is 2.30. The maximum absolute atomic E-state index is 8.57. The monoisotopic (exact) mass is 131 g/mol. The van der Waals surface area contributed by atoms with E-state index in [0.29, 0.717) is 6.61 Å². The zero-order valence-corrected chi connectivity index (χ0v) is 5.29. The zero-order valence-electron chi connectivity index (χ0n) is 5.29. The molecule has 0 bridgehead atoms. The van der Waals surface area contributed by atoms with Gasteiger partial charge in [0.15, 0.2) is 0 Å². The van der Waals surface area contributed by atoms with Crippen LogP contribution in [0.25, 0.3) is 0 Å². The highest BCUT2D eigenvalue weighted by molar-refractivity contribution is 5.49. The van der Waals surface area contributed by atoms with E-state index in [2.05, 4.69) is 6.07 Å². The van der Waals surface area contributed by atoms with Crippen molar-refractivity contribution in [2.75, 3.05) is 0 Å². The smallest absolute Gasteiger partial charge is 0.127 e. The number of rotatable bonds is 0. The molecule has 0 saturated heterocycles. The summed E-state index contributed by atoms with van der Waals surface area (Å²) in [5.74, 6) is 0.860. The summed E-state index contributed by atoms with van der Waals surface area (Å²) in [6.45, 7) is 0.596. The Balaban J connectivity index is 2.64. The van der Waals surface area contributed by atoms with Gasteiger partial charge in [0.05, 0.1) is 11.6 Å². The molecule has 0 amide bonds. The first kappa shape index (κ1) is 5.31. The fourth-order valence-electron chi connectivity index (χ4n) is 1.02. The first-order chi connectivity index (χ1) is 4.92. The van der Waals surface area contributed by atoms with Gasteiger partial charge in [0.1, 0.15) is 12.4 Å². The van der Waals surface area contributed by atoms with Crippen molar-refractivity contribution in [2.24, 2.45) is 0 Å². The van der Waals surface area contributed by atoms with E-state index in [9.17, 15) is 0 Å². The molecule has 1 aliphatic rings. The molecule has 0 saturated carbocycles. The molecule has 0 unspecified atom stereocenters. The lowest BCUT2D eigenvalue weighted by Gasteiger charge is -2.20. The molecule has 0 fully saturated rings. The molecular weight excluding hydrogens is 126 g/mol. The Kier molecular flexibility index (Phi) is 0.925. The van der Waals surface area contributed by atoms with Crippen LogP contribution in [0.1, 0.15) is 11.1 Å². The van der Waals surface area contributed by atoms with E-state index < -0.39 is 0 Å². The van der Waals surface area contributed by atoms with Gasteiger partial charge in [0, 0.05) is 5.56 Å². The van der Waals surface area contributed by atoms with Gasteiger partial charge in [-0.3, -0.25) is 0 Å². The Morgan fingerprint density at radius 1 is 1.50 bits per heavy atom. The lowest BCUT2D eigenvalue weighted by molar-refractivity contribution is 0.243. The lowest BCUT2D eigenvalue weighted by atomic mass is 10.1. The molecular formula is C8H5NO. The summed E-state index contributed by atoms with van der Waals surface area (Å²) in [6, 6.07) is 7.62. The summed E-state index contributed by atoms with van der Waals surface area (Å²) < 4.78 is 5.07. The maximum Gasteiger partial charge on any atom is 0.127 e. The third kappa shape index (κ3) is 0.519. The van der Waals surface area contributed by atoms with Crippen molar-refractivity contribution in [1.82, 2.24) is 0 Å². The minimum Gasteiger partial charge on any atom is -0.488 e. The van der Waals surface area contributed by atoms with Gasteiger partial charge in [0.25, 0.3) is 0 Å². The van der Waals surface area contributed by atoms with E-state index in [0.717, 1.165) is 16.9 Å². The van der Waals surface area contributed by atoms with Crippen molar-refractivity contribution in [2.45, 2.75) is 6.61 Å². The second-order valence-corrected chi connectivity index (χ2v) is 2.18. The maximum atomic E-state index is 8.57. The summed E-state index contributed by atoms with van der Waals surface area (Å²) in [5, 5.41) is 8.57. The van der Waals surface area contributed by atoms with Crippen LogP contribution in [0, 0.1) is 11.3 Å². The van der Waals surface area contributed by atoms with E-state index in [-0.39, 0.29) is 0 Å². The van der Waals surface area contributed by atoms with Gasteiger partial charge in [-0.15, -0.1) is 0 Å². The highest BCUT2D eigenvalue weighted by Gasteiger charge is 2.17. The minimum atomic E-state index is 0.596. The number of benzene rings is 1. The summed E-state index contributed by atoms with van der Waals surface area (Å²) in [4.78, 5) is 0. The average molecular weight is 131 g/mol. The first-order valence-corrected chi connectivity index (χ1v) is 3.06. The molecule has 2 heteroatoms. The van der Waals surface area contributed by atoms with Gasteiger partial charge in [-0.1, -0.05) is 6.07 Å². The Hall–Kier alpha value is -1.49. The Morgan fingerprint density at radius 3 is 2.90 bits per heavy atom. The van der Waals surface area contributed by atoms with Crippen LogP contribution in [0.5, 0.6) is 5.75 Å². The number of ether oxygens (including phenoxy) is 1. The molecule has 2 rings (SSSR count). The largest absolute Gasteiger partial charge is 0.488 e. The van der Waals surface area contributed by atoms with Gasteiger partial charge in [0.2, 0.25) is 0 Å². The molecule has 2 nitrogen and oxygen atoms in total. The molecule has 0 N–H and O–H groups in total. The predicted molar refractivity (Wildman–Crippen MR) is 35.5 cm³/mol. The van der Waals surface area contributed by atoms with E-state index >= 15 is 0 Å². The molecule has 1 aliphatic heterocycles. The number of nitriles is 1. The SMILES string of the molecule is N#Cc1cccc2c1CO2. The van der Waals surface area contributed by atoms with Crippen LogP contribution in [-0.4, -0.2) is 0 Å². The summed E-state index contributed by atoms with van der Waals surface area (Å²) in [6.07, 6.45) is 0. The van der Waals surface area contributed by atoms with Gasteiger partial charge < -0.3 is 4.74 Å². The fourth-order valence-corrected chi connectivity index (χ4v) is 1.02. The van der Waals surface area contributed by atoms with Gasteiger partial charge in [-0.2, -0.15) is 5.26 Å². The first-order valence-electron chi connectivity index (χ1n) is 3.06. The zero-order chi connectivity index (χ0) is 6.97. The second kappa shape index (κ2) is 1.74. The lowest BCUT2D eigenvalue weighted by Crippen LogP contribution is -2.10. The van der Waals surface area contributed by atoms with Crippen LogP contribution in [0.15, 0.2) is 18.2 Å². The van der Waals surface area contributed by atoms with E-state index in [1.54, 1.807) is 6.07 Å². The molecule has 10 heavy (non-hydrogen) atoms. The summed E-state index contributed by atoms with van der Waals surface area (Å²) >= 11 is 0. The van der Waals surface area contributed by atoms with Crippen LogP contribution in [-0.2, 0) is 6.61 Å². The predicted octanol–water partition coefficient (Wildman–Crippen LogP) is 1.45. The van der Waals surface area contributed by atoms with Gasteiger partial charge in [-0.25, -0.2) is 0 Å². The van der Waals surface area contributed by atoms with Crippen LogP contribution in [0.2, 0.25) is 0 Å². The second-order valence-electron chi connectivity index (χ2n) is 2.18. The Morgan fingerprint density at radius 2 is 2.40 bits per heavy atom. The van der Waals surface area contributed by atoms with Crippen LogP contribution >= 0.6 is 0 Å². The fraction of sp³-hybridized carbons (Fsp3) is 0.125. The van der Waals surface area contributed by atoms with Crippen LogP contribution in [0.3, 0.4) is 0 Å². The van der Waals surface area contributed by atoms with Crippen molar-refractivity contribution in [1.29, 1.82) is 5.26 Å². The van der Waals surface area contributed by atoms with Crippen molar-refractivity contribution in [3.05, 3.63) is 29.3 Å². The summed E-state index contributed by atoms with van der Waals surface area (Å²) in [7, 11) is 0. The number of hydrogen-bond acceptors (Lipinski definition) is 2. The summed E-state index contributed by atoms with van der Waals surface area (Å²) in [5.41, 5.74) is 1.79. The van der Waals surface area contributed by atoms with Gasteiger partial charge in [-0.05, 0) is 12.1 Å². The van der Waals surface area contributed by atoms with E-state index in [1.807, 2.05) is 12.1 Å². The molecule has 0 atom stereocenters. The molecule has 1 heterocycles. The molecule has 0 spiro atoms. The standard InChI is InChI=1S/C8H5NO/c9-4-6-2-1-3-8-7(6)5-10-8/h1-3H,5H2. The van der Waals surface area contributed by atoms with Crippen molar-refractivity contribution in [3.63, 3.8) is 0 Å². The number of hydrogen-bond donors (Lipinski definition) is 0. The Bertz CT molecular complexity index is 312. The molecule has 1 aromatic rings. The van der Waals surface area contributed by atoms with Crippen molar-refractivity contribution in [3.8, 4) is 11.8 Å². The third-order valence-electron chi connectivity index (χ3n) is 1.63. The normalized spacial score (nSPS) is 12.3. The van der Waals surface area contributed by atoms with E-state index in [1.165, 1.54) is 0 Å². The highest BCUT2D eigenvalue weighted by atomic mass is 16.5. The molecule has 0 aromatic heterocycles. The van der Waals surface area contributed by atoms with Crippen molar-refractivity contribution >= 4 is 0 Å². The average Bonchev–Trinajstić information content (AvgIpc) is 1.91.